The third-order valence-corrected chi connectivity index (χ3v) is 12.1. The average molecular weight is 759 g/mol. The van der Waals surface area contributed by atoms with Crippen molar-refractivity contribution in [2.75, 3.05) is 4.90 Å². The lowest BCUT2D eigenvalue weighted by Gasteiger charge is -2.28. The number of fused-ring (bicyclic) bond motifs is 6. The maximum absolute atomic E-state index is 9.69. The van der Waals surface area contributed by atoms with Gasteiger partial charge in [-0.2, -0.15) is 0 Å². The molecule has 0 amide bonds. The molecule has 11 rings (SSSR count). The molecule has 9 aromatic carbocycles. The Hall–Kier alpha value is -7.42. The second-order valence-electron chi connectivity index (χ2n) is 15.9. The lowest BCUT2D eigenvalue weighted by molar-refractivity contribution is 0.660. The molecule has 0 spiro atoms. The molecule has 2 heteroatoms. The SMILES string of the molecule is [2H]c1c([2H])c(N(c2cccc(-c3ccc4c(c3)c3ccccc3n4-c3ccccc3)c2)c2ccc3c(c2)C(C)(C)c2ccccc2-3)c([2H])c([2H])c1-c1ccc(-c2ccccc2)cc1. The van der Waals surface area contributed by atoms with Crippen molar-refractivity contribution < 1.29 is 5.48 Å². The van der Waals surface area contributed by atoms with E-state index in [0.29, 0.717) is 5.56 Å². The summed E-state index contributed by atoms with van der Waals surface area (Å²) in [6.45, 7) is 4.48. The molecule has 1 aromatic heterocycles. The lowest BCUT2D eigenvalue weighted by atomic mass is 9.82. The highest BCUT2D eigenvalue weighted by atomic mass is 15.1. The van der Waals surface area contributed by atoms with Crippen molar-refractivity contribution in [3.05, 3.63) is 229 Å². The second kappa shape index (κ2) is 13.9. The number of hydrogen-bond acceptors (Lipinski definition) is 1. The summed E-state index contributed by atoms with van der Waals surface area (Å²) in [4.78, 5) is 1.92. The van der Waals surface area contributed by atoms with E-state index in [-0.39, 0.29) is 40.8 Å². The lowest BCUT2D eigenvalue weighted by Crippen LogP contribution is -2.16. The van der Waals surface area contributed by atoms with E-state index in [1.165, 1.54) is 11.1 Å². The zero-order valence-electron chi connectivity index (χ0n) is 36.9. The largest absolute Gasteiger partial charge is 0.310 e. The Morgan fingerprint density at radius 3 is 1.76 bits per heavy atom. The Morgan fingerprint density at radius 1 is 0.390 bits per heavy atom. The van der Waals surface area contributed by atoms with Crippen molar-refractivity contribution in [2.45, 2.75) is 19.3 Å². The minimum absolute atomic E-state index is 0.0891. The molecule has 1 aliphatic carbocycles. The Labute approximate surface area is 351 Å². The van der Waals surface area contributed by atoms with E-state index in [0.717, 1.165) is 72.2 Å². The van der Waals surface area contributed by atoms with Crippen LogP contribution in [0.3, 0.4) is 0 Å². The van der Waals surface area contributed by atoms with Crippen molar-refractivity contribution >= 4 is 38.9 Å². The summed E-state index contributed by atoms with van der Waals surface area (Å²) < 4.78 is 40.7. The number of para-hydroxylation sites is 2. The zero-order valence-corrected chi connectivity index (χ0v) is 32.9. The maximum Gasteiger partial charge on any atom is 0.0645 e. The van der Waals surface area contributed by atoms with Crippen molar-refractivity contribution in [3.63, 3.8) is 0 Å². The van der Waals surface area contributed by atoms with E-state index in [2.05, 4.69) is 140 Å². The van der Waals surface area contributed by atoms with Crippen LogP contribution in [0.5, 0.6) is 0 Å². The molecule has 0 bridgehead atoms. The summed E-state index contributed by atoms with van der Waals surface area (Å²) in [7, 11) is 0. The summed E-state index contributed by atoms with van der Waals surface area (Å²) >= 11 is 0. The fourth-order valence-corrected chi connectivity index (χ4v) is 9.09. The molecule has 59 heavy (non-hydrogen) atoms. The molecule has 0 fully saturated rings. The molecule has 0 aliphatic heterocycles. The minimum atomic E-state index is -0.297. The number of hydrogen-bond donors (Lipinski definition) is 0. The molecule has 1 heterocycles. The quantitative estimate of drug-likeness (QED) is 0.157. The van der Waals surface area contributed by atoms with Gasteiger partial charge in [0.05, 0.1) is 16.5 Å². The monoisotopic (exact) mass is 758 g/mol. The molecular weight excluding hydrogens is 713 g/mol. The van der Waals surface area contributed by atoms with Crippen LogP contribution in [0.1, 0.15) is 30.5 Å². The maximum atomic E-state index is 9.69. The van der Waals surface area contributed by atoms with Gasteiger partial charge in [-0.1, -0.05) is 165 Å². The third-order valence-electron chi connectivity index (χ3n) is 12.1. The van der Waals surface area contributed by atoms with E-state index < -0.39 is 0 Å². The van der Waals surface area contributed by atoms with Crippen LogP contribution in [0.15, 0.2) is 218 Å². The van der Waals surface area contributed by atoms with Gasteiger partial charge in [0.25, 0.3) is 0 Å². The highest BCUT2D eigenvalue weighted by Crippen LogP contribution is 2.51. The van der Waals surface area contributed by atoms with Gasteiger partial charge in [-0.25, -0.2) is 0 Å². The van der Waals surface area contributed by atoms with Crippen molar-refractivity contribution in [1.82, 2.24) is 4.57 Å². The van der Waals surface area contributed by atoms with Crippen LogP contribution in [0.2, 0.25) is 0 Å². The summed E-state index contributed by atoms with van der Waals surface area (Å²) in [5.41, 5.74) is 14.5. The number of aromatic nitrogens is 1. The number of nitrogens with zero attached hydrogens (tertiary/aromatic N) is 2. The molecule has 1 aliphatic rings. The van der Waals surface area contributed by atoms with Crippen LogP contribution in [0.4, 0.5) is 17.1 Å². The molecule has 0 unspecified atom stereocenters. The molecule has 280 valence electrons. The standard InChI is InChI=1S/C57H42N2/c1-57(2)53-22-11-9-20-49(53)50-34-33-48(38-54(50)57)58(46-31-28-42(29-32-46)41-26-24-40(25-27-41)39-14-5-3-6-15-39)47-19-13-16-43(36-47)44-30-35-56-52(37-44)51-21-10-12-23-55(51)59(56)45-17-7-4-8-18-45/h3-38H,1-2H3/i28D,29D,31D,32D. The molecule has 10 aromatic rings. The van der Waals surface area contributed by atoms with E-state index in [1.807, 2.05) is 77.7 Å². The van der Waals surface area contributed by atoms with E-state index in [4.69, 9.17) is 0 Å². The molecule has 2 nitrogen and oxygen atoms in total. The van der Waals surface area contributed by atoms with Gasteiger partial charge in [-0.3, -0.25) is 0 Å². The van der Waals surface area contributed by atoms with Gasteiger partial charge in [-0.15, -0.1) is 0 Å². The molecular formula is C57H42N2. The van der Waals surface area contributed by atoms with Gasteiger partial charge >= 0.3 is 0 Å². The van der Waals surface area contributed by atoms with Gasteiger partial charge < -0.3 is 9.47 Å². The van der Waals surface area contributed by atoms with Gasteiger partial charge in [0.2, 0.25) is 0 Å². The fraction of sp³-hybridized carbons (Fsp3) is 0.0526. The van der Waals surface area contributed by atoms with Crippen LogP contribution in [-0.4, -0.2) is 4.57 Å². The van der Waals surface area contributed by atoms with Crippen molar-refractivity contribution in [1.29, 1.82) is 0 Å². The average Bonchev–Trinajstić information content (AvgIpc) is 3.78. The van der Waals surface area contributed by atoms with Gasteiger partial charge in [0, 0.05) is 38.9 Å². The second-order valence-corrected chi connectivity index (χ2v) is 15.9. The normalized spacial score (nSPS) is 13.7. The van der Waals surface area contributed by atoms with Gasteiger partial charge in [-0.05, 0) is 122 Å². The molecule has 0 radical (unpaired) electrons. The highest BCUT2D eigenvalue weighted by Gasteiger charge is 2.35. The number of rotatable bonds is 7. The molecule has 0 saturated heterocycles. The molecule has 0 N–H and O–H groups in total. The smallest absolute Gasteiger partial charge is 0.0645 e. The van der Waals surface area contributed by atoms with Crippen LogP contribution in [0.25, 0.3) is 72.0 Å². The first kappa shape index (κ1) is 30.7. The Morgan fingerprint density at radius 2 is 0.966 bits per heavy atom. The van der Waals surface area contributed by atoms with E-state index in [1.54, 1.807) is 0 Å². The van der Waals surface area contributed by atoms with Crippen LogP contribution in [0, 0.1) is 0 Å². The summed E-state index contributed by atoms with van der Waals surface area (Å²) in [6, 6.07) is 66.1. The predicted octanol–water partition coefficient (Wildman–Crippen LogP) is 15.6. The Kier molecular flexibility index (Phi) is 7.23. The topological polar surface area (TPSA) is 8.17 Å². The molecule has 0 saturated carbocycles. The first-order valence-corrected chi connectivity index (χ1v) is 20.2. The summed E-state index contributed by atoms with van der Waals surface area (Å²) in [5, 5.41) is 2.30. The number of anilines is 3. The van der Waals surface area contributed by atoms with E-state index in [9.17, 15) is 5.48 Å². The first-order valence-electron chi connectivity index (χ1n) is 22.2. The van der Waals surface area contributed by atoms with Crippen LogP contribution >= 0.6 is 0 Å². The third kappa shape index (κ3) is 5.87. The number of benzene rings is 9. The first-order chi connectivity index (χ1) is 30.7. The Balaban J connectivity index is 1.08. The highest BCUT2D eigenvalue weighted by molar-refractivity contribution is 6.10. The Bertz CT molecular complexity index is 3380. The van der Waals surface area contributed by atoms with Crippen molar-refractivity contribution in [2.24, 2.45) is 0 Å². The summed E-state index contributed by atoms with van der Waals surface area (Å²) in [5.74, 6) is 0. The van der Waals surface area contributed by atoms with Gasteiger partial charge in [0.15, 0.2) is 0 Å². The minimum Gasteiger partial charge on any atom is -0.310 e. The van der Waals surface area contributed by atoms with Crippen LogP contribution in [-0.2, 0) is 5.41 Å². The van der Waals surface area contributed by atoms with Crippen molar-refractivity contribution in [3.8, 4) is 50.2 Å². The molecule has 0 atom stereocenters. The van der Waals surface area contributed by atoms with Crippen LogP contribution < -0.4 is 4.90 Å². The zero-order chi connectivity index (χ0) is 43.0. The van der Waals surface area contributed by atoms with Gasteiger partial charge in [0.1, 0.15) is 0 Å². The fourth-order valence-electron chi connectivity index (χ4n) is 9.09. The summed E-state index contributed by atoms with van der Waals surface area (Å²) in [6.07, 6.45) is 0. The van der Waals surface area contributed by atoms with E-state index >= 15 is 0 Å². The predicted molar refractivity (Wildman–Crippen MR) is 249 cm³/mol.